The molecule has 1 aromatic rings. The van der Waals surface area contributed by atoms with E-state index in [1.807, 2.05) is 19.9 Å². The molecule has 0 aliphatic rings. The molecule has 0 saturated carbocycles. The highest BCUT2D eigenvalue weighted by molar-refractivity contribution is 7.12. The lowest BCUT2D eigenvalue weighted by molar-refractivity contribution is -0.117. The number of esters is 1. The van der Waals surface area contributed by atoms with Crippen molar-refractivity contribution in [2.45, 2.75) is 33.6 Å². The fourth-order valence-corrected chi connectivity index (χ4v) is 2.31. The van der Waals surface area contributed by atoms with E-state index in [4.69, 9.17) is 4.74 Å². The molecule has 0 amide bonds. The number of rotatable bonds is 5. The van der Waals surface area contributed by atoms with Crippen LogP contribution in [0.3, 0.4) is 0 Å². The van der Waals surface area contributed by atoms with Crippen LogP contribution in [0.4, 0.5) is 0 Å². The molecule has 0 unspecified atom stereocenters. The second-order valence-electron chi connectivity index (χ2n) is 3.77. The molecule has 88 valence electrons. The van der Waals surface area contributed by atoms with Crippen molar-refractivity contribution >= 4 is 23.1 Å². The SMILES string of the molecule is CC(=O)CCCOC(=O)c1cc(C)sc1C. The summed E-state index contributed by atoms with van der Waals surface area (Å²) in [7, 11) is 0. The molecule has 1 heterocycles. The Morgan fingerprint density at radius 2 is 2.06 bits per heavy atom. The van der Waals surface area contributed by atoms with Gasteiger partial charge in [0.1, 0.15) is 5.78 Å². The summed E-state index contributed by atoms with van der Waals surface area (Å²) in [4.78, 5) is 24.4. The van der Waals surface area contributed by atoms with Gasteiger partial charge in [-0.15, -0.1) is 11.3 Å². The minimum atomic E-state index is -0.287. The Labute approximate surface area is 99.4 Å². The van der Waals surface area contributed by atoms with Gasteiger partial charge < -0.3 is 9.53 Å². The monoisotopic (exact) mass is 240 g/mol. The van der Waals surface area contributed by atoms with Gasteiger partial charge in [-0.3, -0.25) is 0 Å². The molecule has 16 heavy (non-hydrogen) atoms. The van der Waals surface area contributed by atoms with E-state index in [0.717, 1.165) is 9.75 Å². The van der Waals surface area contributed by atoms with Gasteiger partial charge in [0.2, 0.25) is 0 Å². The van der Waals surface area contributed by atoms with E-state index < -0.39 is 0 Å². The molecular formula is C12H16O3S. The molecule has 0 saturated heterocycles. The third-order valence-electron chi connectivity index (χ3n) is 2.17. The molecule has 0 radical (unpaired) electrons. The van der Waals surface area contributed by atoms with Crippen molar-refractivity contribution in [3.05, 3.63) is 21.4 Å². The van der Waals surface area contributed by atoms with Crippen molar-refractivity contribution in [2.75, 3.05) is 6.61 Å². The maximum Gasteiger partial charge on any atom is 0.339 e. The molecule has 1 aromatic heterocycles. The number of ether oxygens (including phenoxy) is 1. The average Bonchev–Trinajstić information content (AvgIpc) is 2.52. The maximum atomic E-state index is 11.6. The van der Waals surface area contributed by atoms with Crippen LogP contribution in [0.2, 0.25) is 0 Å². The molecule has 0 N–H and O–H groups in total. The van der Waals surface area contributed by atoms with Gasteiger partial charge in [-0.2, -0.15) is 0 Å². The first-order chi connectivity index (χ1) is 7.50. The lowest BCUT2D eigenvalue weighted by Gasteiger charge is -2.02. The van der Waals surface area contributed by atoms with E-state index in [1.165, 1.54) is 6.92 Å². The normalized spacial score (nSPS) is 10.2. The second-order valence-corrected chi connectivity index (χ2v) is 5.23. The van der Waals surface area contributed by atoms with Crippen LogP contribution < -0.4 is 0 Å². The highest BCUT2D eigenvalue weighted by Crippen LogP contribution is 2.21. The van der Waals surface area contributed by atoms with E-state index in [9.17, 15) is 9.59 Å². The van der Waals surface area contributed by atoms with E-state index in [0.29, 0.717) is 25.0 Å². The van der Waals surface area contributed by atoms with Crippen molar-refractivity contribution < 1.29 is 14.3 Å². The van der Waals surface area contributed by atoms with Crippen LogP contribution in [0.1, 0.15) is 39.9 Å². The number of hydrogen-bond donors (Lipinski definition) is 0. The van der Waals surface area contributed by atoms with Crippen molar-refractivity contribution in [1.82, 2.24) is 0 Å². The Morgan fingerprint density at radius 1 is 1.38 bits per heavy atom. The third kappa shape index (κ3) is 3.77. The number of Topliss-reactive ketones (excluding diaryl/α,β-unsaturated/α-hetero) is 1. The molecule has 0 atom stereocenters. The minimum Gasteiger partial charge on any atom is -0.462 e. The summed E-state index contributed by atoms with van der Waals surface area (Å²) in [5.74, 6) is -0.163. The molecule has 0 aliphatic heterocycles. The van der Waals surface area contributed by atoms with Crippen molar-refractivity contribution in [1.29, 1.82) is 0 Å². The molecular weight excluding hydrogens is 224 g/mol. The summed E-state index contributed by atoms with van der Waals surface area (Å²) in [6, 6.07) is 1.84. The van der Waals surface area contributed by atoms with Crippen molar-refractivity contribution in [2.24, 2.45) is 0 Å². The van der Waals surface area contributed by atoms with Crippen LogP contribution in [-0.4, -0.2) is 18.4 Å². The smallest absolute Gasteiger partial charge is 0.339 e. The quantitative estimate of drug-likeness (QED) is 0.587. The largest absolute Gasteiger partial charge is 0.462 e. The van der Waals surface area contributed by atoms with Crippen molar-refractivity contribution in [3.8, 4) is 0 Å². The number of thiophene rings is 1. The van der Waals surface area contributed by atoms with Gasteiger partial charge in [0.15, 0.2) is 0 Å². The van der Waals surface area contributed by atoms with Crippen LogP contribution >= 0.6 is 11.3 Å². The van der Waals surface area contributed by atoms with Gasteiger partial charge in [-0.05, 0) is 33.3 Å². The summed E-state index contributed by atoms with van der Waals surface area (Å²) < 4.78 is 5.09. The van der Waals surface area contributed by atoms with E-state index in [-0.39, 0.29) is 11.8 Å². The van der Waals surface area contributed by atoms with Crippen LogP contribution in [0, 0.1) is 13.8 Å². The lowest BCUT2D eigenvalue weighted by atomic mass is 10.2. The lowest BCUT2D eigenvalue weighted by Crippen LogP contribution is -2.07. The Bertz CT molecular complexity index is 393. The van der Waals surface area contributed by atoms with E-state index in [2.05, 4.69) is 0 Å². The first-order valence-corrected chi connectivity index (χ1v) is 6.06. The Kier molecular flexibility index (Phi) is 4.68. The summed E-state index contributed by atoms with van der Waals surface area (Å²) in [6.45, 7) is 5.72. The average molecular weight is 240 g/mol. The van der Waals surface area contributed by atoms with Crippen molar-refractivity contribution in [3.63, 3.8) is 0 Å². The third-order valence-corrected chi connectivity index (χ3v) is 3.13. The first-order valence-electron chi connectivity index (χ1n) is 5.24. The summed E-state index contributed by atoms with van der Waals surface area (Å²) in [5, 5.41) is 0. The minimum absolute atomic E-state index is 0.124. The van der Waals surface area contributed by atoms with Gasteiger partial charge in [-0.25, -0.2) is 4.79 Å². The Hall–Kier alpha value is -1.16. The Balaban J connectivity index is 2.41. The first kappa shape index (κ1) is 12.9. The van der Waals surface area contributed by atoms with Crippen LogP contribution in [0.15, 0.2) is 6.07 Å². The number of ketones is 1. The summed E-state index contributed by atoms with van der Waals surface area (Å²) in [6.07, 6.45) is 1.07. The van der Waals surface area contributed by atoms with Gasteiger partial charge in [0.25, 0.3) is 0 Å². The van der Waals surface area contributed by atoms with E-state index >= 15 is 0 Å². The molecule has 1 rings (SSSR count). The maximum absolute atomic E-state index is 11.6. The fourth-order valence-electron chi connectivity index (χ4n) is 1.40. The predicted molar refractivity (Wildman–Crippen MR) is 64.0 cm³/mol. The molecule has 0 fully saturated rings. The van der Waals surface area contributed by atoms with Crippen LogP contribution in [0.5, 0.6) is 0 Å². The molecule has 4 heteroatoms. The summed E-state index contributed by atoms with van der Waals surface area (Å²) >= 11 is 1.59. The van der Waals surface area contributed by atoms with E-state index in [1.54, 1.807) is 11.3 Å². The molecule has 0 aliphatic carbocycles. The highest BCUT2D eigenvalue weighted by Gasteiger charge is 2.12. The molecule has 0 bridgehead atoms. The highest BCUT2D eigenvalue weighted by atomic mass is 32.1. The second kappa shape index (κ2) is 5.80. The zero-order valence-corrected chi connectivity index (χ0v) is 10.6. The van der Waals surface area contributed by atoms with Gasteiger partial charge in [-0.1, -0.05) is 0 Å². The zero-order chi connectivity index (χ0) is 12.1. The van der Waals surface area contributed by atoms with Gasteiger partial charge in [0.05, 0.1) is 12.2 Å². The fraction of sp³-hybridized carbons (Fsp3) is 0.500. The predicted octanol–water partition coefficient (Wildman–Crippen LogP) is 2.89. The standard InChI is InChI=1S/C12H16O3S/c1-8(13)5-4-6-15-12(14)11-7-9(2)16-10(11)3/h7H,4-6H2,1-3H3. The zero-order valence-electron chi connectivity index (χ0n) is 9.83. The number of hydrogen-bond acceptors (Lipinski definition) is 4. The van der Waals surface area contributed by atoms with Crippen LogP contribution in [-0.2, 0) is 9.53 Å². The molecule has 0 aromatic carbocycles. The number of carbonyl (C=O) groups excluding carboxylic acids is 2. The molecule has 3 nitrogen and oxygen atoms in total. The number of carbonyl (C=O) groups is 2. The number of aryl methyl sites for hydroxylation is 2. The van der Waals surface area contributed by atoms with Gasteiger partial charge in [0, 0.05) is 16.2 Å². The Morgan fingerprint density at radius 3 is 2.56 bits per heavy atom. The molecule has 0 spiro atoms. The van der Waals surface area contributed by atoms with Gasteiger partial charge >= 0.3 is 5.97 Å². The van der Waals surface area contributed by atoms with Crippen LogP contribution in [0.25, 0.3) is 0 Å². The summed E-state index contributed by atoms with van der Waals surface area (Å²) in [5.41, 5.74) is 0.644. The topological polar surface area (TPSA) is 43.4 Å².